The molecule has 7 heteroatoms. The van der Waals surface area contributed by atoms with Gasteiger partial charge in [0.1, 0.15) is 0 Å². The van der Waals surface area contributed by atoms with Crippen LogP contribution in [0.15, 0.2) is 24.3 Å². The number of hydrogen-bond acceptors (Lipinski definition) is 5. The first-order valence-corrected chi connectivity index (χ1v) is 9.82. The van der Waals surface area contributed by atoms with Gasteiger partial charge in [-0.25, -0.2) is 0 Å². The zero-order valence-corrected chi connectivity index (χ0v) is 15.8. The third kappa shape index (κ3) is 6.30. The number of rotatable bonds is 7. The van der Waals surface area contributed by atoms with E-state index in [4.69, 9.17) is 10.5 Å². The standard InChI is InChI=1S/C20H30N4O3/c21-20(26)16-6-10-24(11-7-16)9-5-15-1-3-17(4-2-15)23-19(25)13-18-14-27-12-8-22-18/h1-4,16,18,22H,5-14H2,(H2,21,26)(H,23,25). The van der Waals surface area contributed by atoms with Crippen LogP contribution in [0.2, 0.25) is 0 Å². The van der Waals surface area contributed by atoms with Crippen LogP contribution in [-0.4, -0.2) is 62.1 Å². The Hall–Kier alpha value is -1.96. The van der Waals surface area contributed by atoms with Gasteiger partial charge in [0.05, 0.1) is 13.2 Å². The first kappa shape index (κ1) is 19.8. The highest BCUT2D eigenvalue weighted by molar-refractivity contribution is 5.91. The van der Waals surface area contributed by atoms with E-state index < -0.39 is 0 Å². The highest BCUT2D eigenvalue weighted by Gasteiger charge is 2.22. The number of nitrogens with zero attached hydrogens (tertiary/aromatic N) is 1. The highest BCUT2D eigenvalue weighted by Crippen LogP contribution is 2.17. The summed E-state index contributed by atoms with van der Waals surface area (Å²) >= 11 is 0. The number of likely N-dealkylation sites (tertiary alicyclic amines) is 1. The number of nitrogens with one attached hydrogen (secondary N) is 2. The van der Waals surface area contributed by atoms with Crippen LogP contribution in [0.3, 0.4) is 0 Å². The maximum absolute atomic E-state index is 12.1. The third-order valence-electron chi connectivity index (χ3n) is 5.37. The SMILES string of the molecule is NC(=O)C1CCN(CCc2ccc(NC(=O)CC3COCCN3)cc2)CC1. The number of carbonyl (C=O) groups is 2. The van der Waals surface area contributed by atoms with Gasteiger partial charge in [-0.05, 0) is 50.0 Å². The molecule has 0 spiro atoms. The van der Waals surface area contributed by atoms with E-state index in [1.165, 1.54) is 5.56 Å². The Kier molecular flexibility index (Phi) is 7.20. The lowest BCUT2D eigenvalue weighted by atomic mass is 9.96. The number of hydrogen-bond donors (Lipinski definition) is 3. The van der Waals surface area contributed by atoms with E-state index in [2.05, 4.69) is 27.7 Å². The maximum Gasteiger partial charge on any atom is 0.226 e. The van der Waals surface area contributed by atoms with Gasteiger partial charge < -0.3 is 26.0 Å². The second-order valence-corrected chi connectivity index (χ2v) is 7.44. The molecule has 27 heavy (non-hydrogen) atoms. The van der Waals surface area contributed by atoms with Gasteiger partial charge in [-0.1, -0.05) is 12.1 Å². The van der Waals surface area contributed by atoms with Crippen molar-refractivity contribution in [3.8, 4) is 0 Å². The molecule has 7 nitrogen and oxygen atoms in total. The Morgan fingerprint density at radius 3 is 2.59 bits per heavy atom. The first-order valence-electron chi connectivity index (χ1n) is 9.82. The lowest BCUT2D eigenvalue weighted by Gasteiger charge is -2.30. The van der Waals surface area contributed by atoms with Crippen molar-refractivity contribution in [2.24, 2.45) is 11.7 Å². The molecule has 1 aromatic carbocycles. The molecule has 1 atom stereocenters. The largest absolute Gasteiger partial charge is 0.378 e. The minimum absolute atomic E-state index is 0.00284. The molecule has 148 valence electrons. The summed E-state index contributed by atoms with van der Waals surface area (Å²) in [5.41, 5.74) is 7.45. The van der Waals surface area contributed by atoms with E-state index in [0.717, 1.165) is 51.1 Å². The van der Waals surface area contributed by atoms with Crippen LogP contribution < -0.4 is 16.4 Å². The zero-order chi connectivity index (χ0) is 19.1. The van der Waals surface area contributed by atoms with Gasteiger partial charge in [0, 0.05) is 37.2 Å². The molecule has 0 aromatic heterocycles. The Morgan fingerprint density at radius 2 is 1.96 bits per heavy atom. The average molecular weight is 374 g/mol. The second kappa shape index (κ2) is 9.82. The number of carbonyl (C=O) groups excluding carboxylic acids is 2. The normalized spacial score (nSPS) is 21.7. The topological polar surface area (TPSA) is 96.7 Å². The fourth-order valence-corrected chi connectivity index (χ4v) is 3.67. The van der Waals surface area contributed by atoms with E-state index >= 15 is 0 Å². The Bertz CT molecular complexity index is 621. The van der Waals surface area contributed by atoms with Gasteiger partial charge in [0.2, 0.25) is 11.8 Å². The summed E-state index contributed by atoms with van der Waals surface area (Å²) < 4.78 is 5.37. The summed E-state index contributed by atoms with van der Waals surface area (Å²) in [6, 6.07) is 8.13. The molecule has 2 fully saturated rings. The molecular formula is C20H30N4O3. The number of anilines is 1. The Morgan fingerprint density at radius 1 is 1.22 bits per heavy atom. The molecule has 2 aliphatic rings. The van der Waals surface area contributed by atoms with Crippen molar-refractivity contribution in [2.45, 2.75) is 31.7 Å². The van der Waals surface area contributed by atoms with Gasteiger partial charge in [0.15, 0.2) is 0 Å². The summed E-state index contributed by atoms with van der Waals surface area (Å²) in [7, 11) is 0. The minimum atomic E-state index is -0.168. The zero-order valence-electron chi connectivity index (χ0n) is 15.8. The molecular weight excluding hydrogens is 344 g/mol. The van der Waals surface area contributed by atoms with Crippen LogP contribution in [-0.2, 0) is 20.7 Å². The number of primary amides is 1. The number of ether oxygens (including phenoxy) is 1. The van der Waals surface area contributed by atoms with Crippen LogP contribution in [0.5, 0.6) is 0 Å². The predicted octanol–water partition coefficient (Wildman–Crippen LogP) is 0.743. The molecule has 1 unspecified atom stereocenters. The van der Waals surface area contributed by atoms with E-state index in [1.807, 2.05) is 12.1 Å². The summed E-state index contributed by atoms with van der Waals surface area (Å²) in [5.74, 6) is -0.123. The van der Waals surface area contributed by atoms with Crippen molar-refractivity contribution in [3.63, 3.8) is 0 Å². The van der Waals surface area contributed by atoms with Crippen molar-refractivity contribution in [1.29, 1.82) is 0 Å². The van der Waals surface area contributed by atoms with E-state index in [9.17, 15) is 9.59 Å². The molecule has 2 heterocycles. The Labute approximate surface area is 160 Å². The van der Waals surface area contributed by atoms with E-state index in [1.54, 1.807) is 0 Å². The summed E-state index contributed by atoms with van der Waals surface area (Å²) in [4.78, 5) is 25.7. The molecule has 3 rings (SSSR count). The van der Waals surface area contributed by atoms with Crippen LogP contribution in [0.25, 0.3) is 0 Å². The summed E-state index contributed by atoms with van der Waals surface area (Å²) in [5, 5.41) is 6.23. The lowest BCUT2D eigenvalue weighted by molar-refractivity contribution is -0.123. The van der Waals surface area contributed by atoms with Crippen LogP contribution in [0.4, 0.5) is 5.69 Å². The van der Waals surface area contributed by atoms with Crippen molar-refractivity contribution >= 4 is 17.5 Å². The number of piperidine rings is 1. The molecule has 0 saturated carbocycles. The third-order valence-corrected chi connectivity index (χ3v) is 5.37. The van der Waals surface area contributed by atoms with E-state index in [0.29, 0.717) is 19.6 Å². The van der Waals surface area contributed by atoms with Crippen molar-refractivity contribution in [2.75, 3.05) is 44.7 Å². The fraction of sp³-hybridized carbons (Fsp3) is 0.600. The lowest BCUT2D eigenvalue weighted by Crippen LogP contribution is -2.43. The van der Waals surface area contributed by atoms with Crippen LogP contribution in [0, 0.1) is 5.92 Å². The van der Waals surface area contributed by atoms with Crippen molar-refractivity contribution in [1.82, 2.24) is 10.2 Å². The molecule has 4 N–H and O–H groups in total. The smallest absolute Gasteiger partial charge is 0.226 e. The molecule has 2 aliphatic heterocycles. The van der Waals surface area contributed by atoms with E-state index in [-0.39, 0.29) is 23.8 Å². The highest BCUT2D eigenvalue weighted by atomic mass is 16.5. The Balaban J connectivity index is 1.38. The number of morpholine rings is 1. The average Bonchev–Trinajstić information content (AvgIpc) is 2.68. The quantitative estimate of drug-likeness (QED) is 0.654. The fourth-order valence-electron chi connectivity index (χ4n) is 3.67. The van der Waals surface area contributed by atoms with Gasteiger partial charge in [-0.15, -0.1) is 0 Å². The molecule has 2 saturated heterocycles. The number of amides is 2. The summed E-state index contributed by atoms with van der Waals surface area (Å²) in [6.07, 6.45) is 3.10. The molecule has 1 aromatic rings. The molecule has 0 aliphatic carbocycles. The van der Waals surface area contributed by atoms with Gasteiger partial charge in [-0.2, -0.15) is 0 Å². The van der Waals surface area contributed by atoms with Crippen molar-refractivity contribution in [3.05, 3.63) is 29.8 Å². The van der Waals surface area contributed by atoms with Gasteiger partial charge in [0.25, 0.3) is 0 Å². The number of benzene rings is 1. The minimum Gasteiger partial charge on any atom is -0.378 e. The first-order chi connectivity index (χ1) is 13.1. The molecule has 0 radical (unpaired) electrons. The van der Waals surface area contributed by atoms with Gasteiger partial charge >= 0.3 is 0 Å². The maximum atomic E-state index is 12.1. The molecule has 2 amide bonds. The monoisotopic (exact) mass is 374 g/mol. The molecule has 0 bridgehead atoms. The number of nitrogens with two attached hydrogens (primary N) is 1. The van der Waals surface area contributed by atoms with Gasteiger partial charge in [-0.3, -0.25) is 9.59 Å². The summed E-state index contributed by atoms with van der Waals surface area (Å²) in [6.45, 7) is 4.94. The second-order valence-electron chi connectivity index (χ2n) is 7.44. The van der Waals surface area contributed by atoms with Crippen molar-refractivity contribution < 1.29 is 14.3 Å². The van der Waals surface area contributed by atoms with Crippen LogP contribution in [0.1, 0.15) is 24.8 Å². The van der Waals surface area contributed by atoms with Crippen LogP contribution >= 0.6 is 0 Å². The predicted molar refractivity (Wildman–Crippen MR) is 104 cm³/mol.